The van der Waals surface area contributed by atoms with Gasteiger partial charge in [-0.15, -0.1) is 0 Å². The molecule has 1 aromatic rings. The van der Waals surface area contributed by atoms with Crippen molar-refractivity contribution in [3.05, 3.63) is 125 Å². The van der Waals surface area contributed by atoms with E-state index in [2.05, 4.69) is 110 Å². The number of hydrogen-bond donors (Lipinski definition) is 1. The van der Waals surface area contributed by atoms with Crippen LogP contribution in [0.15, 0.2) is 113 Å². The highest BCUT2D eigenvalue weighted by atomic mass is 16.2. The first-order chi connectivity index (χ1) is 19.4. The molecule has 0 aliphatic heterocycles. The lowest BCUT2D eigenvalue weighted by Crippen LogP contribution is -2.23. The summed E-state index contributed by atoms with van der Waals surface area (Å²) in [5, 5.41) is 4.41. The van der Waals surface area contributed by atoms with Gasteiger partial charge >= 0.3 is 0 Å². The lowest BCUT2D eigenvalue weighted by Gasteiger charge is -2.26. The number of amides is 1. The van der Waals surface area contributed by atoms with Crippen molar-refractivity contribution in [2.45, 2.75) is 59.3 Å². The molecule has 4 rings (SSSR count). The molecule has 4 unspecified atom stereocenters. The zero-order chi connectivity index (χ0) is 28.5. The smallest absolute Gasteiger partial charge is 0.266 e. The van der Waals surface area contributed by atoms with Gasteiger partial charge in [-0.3, -0.25) is 4.79 Å². The first-order valence-electron chi connectivity index (χ1n) is 14.8. The standard InChI is InChI=1S/C37H44N2O/c1-6-26(3)36(35-19-12-8-14-27(35)4)25-38-39-37(40)30(7-2)24-33-17-11-13-18-34(33)28(5)22-29-20-21-31-15-9-10-16-32(31)23-29/h6,8,10-11,13-14,16-18,20-21,23-25,27,33-35H,1,5,7,9,12,15,19,22H2,2-4H3,(H,39,40)/b30-24+,36-26-,38-25+. The van der Waals surface area contributed by atoms with Gasteiger partial charge in [-0.05, 0) is 85.1 Å². The average molecular weight is 533 g/mol. The Morgan fingerprint density at radius 1 is 1.15 bits per heavy atom. The molecule has 0 saturated carbocycles. The van der Waals surface area contributed by atoms with Crippen LogP contribution >= 0.6 is 0 Å². The van der Waals surface area contributed by atoms with Crippen LogP contribution in [0.1, 0.15) is 63.1 Å². The van der Waals surface area contributed by atoms with Crippen molar-refractivity contribution in [3.8, 4) is 0 Å². The van der Waals surface area contributed by atoms with Gasteiger partial charge in [0.05, 0.1) is 6.21 Å². The van der Waals surface area contributed by atoms with E-state index in [0.29, 0.717) is 18.3 Å². The minimum atomic E-state index is -0.153. The van der Waals surface area contributed by atoms with Gasteiger partial charge in [0.2, 0.25) is 0 Å². The summed E-state index contributed by atoms with van der Waals surface area (Å²) in [6, 6.07) is 6.80. The van der Waals surface area contributed by atoms with Crippen molar-refractivity contribution in [2.24, 2.45) is 28.8 Å². The highest BCUT2D eigenvalue weighted by Crippen LogP contribution is 2.33. The monoisotopic (exact) mass is 532 g/mol. The van der Waals surface area contributed by atoms with Crippen LogP contribution in [0.5, 0.6) is 0 Å². The van der Waals surface area contributed by atoms with E-state index in [-0.39, 0.29) is 17.7 Å². The van der Waals surface area contributed by atoms with Crippen molar-refractivity contribution in [3.63, 3.8) is 0 Å². The Labute approximate surface area is 241 Å². The van der Waals surface area contributed by atoms with Gasteiger partial charge in [0.1, 0.15) is 0 Å². The summed E-state index contributed by atoms with van der Waals surface area (Å²) in [6.07, 6.45) is 29.2. The number of benzene rings is 1. The Morgan fingerprint density at radius 2 is 1.98 bits per heavy atom. The zero-order valence-corrected chi connectivity index (χ0v) is 24.4. The highest BCUT2D eigenvalue weighted by Gasteiger charge is 2.23. The van der Waals surface area contributed by atoms with Crippen LogP contribution in [-0.2, 0) is 17.6 Å². The Kier molecular flexibility index (Phi) is 10.3. The molecule has 0 fully saturated rings. The van der Waals surface area contributed by atoms with Gasteiger partial charge in [-0.25, -0.2) is 5.43 Å². The summed E-state index contributed by atoms with van der Waals surface area (Å²) in [5.74, 6) is 0.871. The van der Waals surface area contributed by atoms with E-state index < -0.39 is 0 Å². The fourth-order valence-electron chi connectivity index (χ4n) is 6.01. The molecule has 3 nitrogen and oxygen atoms in total. The van der Waals surface area contributed by atoms with Gasteiger partial charge in [-0.2, -0.15) is 5.10 Å². The predicted octanol–water partition coefficient (Wildman–Crippen LogP) is 8.65. The quantitative estimate of drug-likeness (QED) is 0.106. The largest absolute Gasteiger partial charge is 0.268 e. The van der Waals surface area contributed by atoms with Gasteiger partial charge < -0.3 is 0 Å². The summed E-state index contributed by atoms with van der Waals surface area (Å²) in [7, 11) is 0. The van der Waals surface area contributed by atoms with Gasteiger partial charge in [-0.1, -0.05) is 112 Å². The van der Waals surface area contributed by atoms with Crippen molar-refractivity contribution in [2.75, 3.05) is 0 Å². The molecular formula is C37H44N2O. The third-order valence-corrected chi connectivity index (χ3v) is 8.48. The topological polar surface area (TPSA) is 41.5 Å². The lowest BCUT2D eigenvalue weighted by molar-refractivity contribution is -0.117. The molecule has 0 radical (unpaired) electrons. The molecule has 4 atom stereocenters. The van der Waals surface area contributed by atoms with Crippen molar-refractivity contribution < 1.29 is 4.79 Å². The molecule has 40 heavy (non-hydrogen) atoms. The van der Waals surface area contributed by atoms with Crippen LogP contribution in [0.25, 0.3) is 6.08 Å². The first-order valence-corrected chi connectivity index (χ1v) is 14.8. The predicted molar refractivity (Wildman–Crippen MR) is 171 cm³/mol. The van der Waals surface area contributed by atoms with Crippen LogP contribution < -0.4 is 5.43 Å². The van der Waals surface area contributed by atoms with Crippen LogP contribution in [-0.4, -0.2) is 12.1 Å². The minimum absolute atomic E-state index is 0.0769. The number of carbonyl (C=O) groups excluding carboxylic acids is 1. The number of fused-ring (bicyclic) bond motifs is 1. The second-order valence-corrected chi connectivity index (χ2v) is 11.2. The number of hydrazone groups is 1. The third-order valence-electron chi connectivity index (χ3n) is 8.48. The molecule has 208 valence electrons. The fourth-order valence-corrected chi connectivity index (χ4v) is 6.01. The lowest BCUT2D eigenvalue weighted by atomic mass is 9.79. The molecule has 0 bridgehead atoms. The van der Waals surface area contributed by atoms with Crippen molar-refractivity contribution in [1.29, 1.82) is 0 Å². The van der Waals surface area contributed by atoms with Gasteiger partial charge in [0.15, 0.2) is 0 Å². The highest BCUT2D eigenvalue weighted by molar-refractivity contribution is 5.94. The van der Waals surface area contributed by atoms with E-state index in [4.69, 9.17) is 0 Å². The Bertz CT molecular complexity index is 1330. The van der Waals surface area contributed by atoms with E-state index in [1.165, 1.54) is 16.7 Å². The third kappa shape index (κ3) is 7.27. The van der Waals surface area contributed by atoms with E-state index >= 15 is 0 Å². The molecule has 1 amide bonds. The molecule has 0 heterocycles. The van der Waals surface area contributed by atoms with Gasteiger partial charge in [0.25, 0.3) is 5.91 Å². The summed E-state index contributed by atoms with van der Waals surface area (Å²) < 4.78 is 0. The molecule has 3 aliphatic carbocycles. The summed E-state index contributed by atoms with van der Waals surface area (Å²) >= 11 is 0. The average Bonchev–Trinajstić information content (AvgIpc) is 2.98. The fraction of sp³-hybridized carbons (Fsp3) is 0.351. The van der Waals surface area contributed by atoms with E-state index in [0.717, 1.165) is 54.4 Å². The van der Waals surface area contributed by atoms with E-state index in [9.17, 15) is 4.79 Å². The maximum Gasteiger partial charge on any atom is 0.266 e. The second kappa shape index (κ2) is 14.1. The number of allylic oxidation sites excluding steroid dienone is 12. The molecule has 1 N–H and O–H groups in total. The molecule has 0 spiro atoms. The summed E-state index contributed by atoms with van der Waals surface area (Å²) in [5.41, 5.74) is 11.0. The number of nitrogens with one attached hydrogen (secondary N) is 1. The molecular weight excluding hydrogens is 488 g/mol. The Morgan fingerprint density at radius 3 is 2.75 bits per heavy atom. The number of rotatable bonds is 10. The molecule has 1 aromatic carbocycles. The maximum atomic E-state index is 13.2. The molecule has 3 heteroatoms. The van der Waals surface area contributed by atoms with Gasteiger partial charge in [0, 0.05) is 17.4 Å². The van der Waals surface area contributed by atoms with Crippen LogP contribution in [0.4, 0.5) is 0 Å². The van der Waals surface area contributed by atoms with E-state index in [1.807, 2.05) is 19.2 Å². The minimum Gasteiger partial charge on any atom is -0.268 e. The Hall–Kier alpha value is -3.72. The second-order valence-electron chi connectivity index (χ2n) is 11.2. The van der Waals surface area contributed by atoms with E-state index in [1.54, 1.807) is 0 Å². The molecule has 0 saturated heterocycles. The molecule has 0 aromatic heterocycles. The normalized spacial score (nSPS) is 24.5. The van der Waals surface area contributed by atoms with Crippen LogP contribution in [0.3, 0.4) is 0 Å². The van der Waals surface area contributed by atoms with Crippen molar-refractivity contribution >= 4 is 18.2 Å². The number of aryl methyl sites for hydroxylation is 1. The zero-order valence-electron chi connectivity index (χ0n) is 24.4. The maximum absolute atomic E-state index is 13.2. The SMILES string of the molecule is C=C/C(C)=C(/C=N/NC(=O)/C(=C/C1C=CC=CC1C(=C)Cc1ccc2c(c1)C=CCC2)CC)C1CCC=CC1C. The van der Waals surface area contributed by atoms with Crippen LogP contribution in [0.2, 0.25) is 0 Å². The number of hydrogen-bond acceptors (Lipinski definition) is 2. The van der Waals surface area contributed by atoms with Crippen LogP contribution in [0, 0.1) is 23.7 Å². The number of carbonyl (C=O) groups is 1. The number of nitrogens with zero attached hydrogens (tertiary/aromatic N) is 1. The molecule has 3 aliphatic rings. The van der Waals surface area contributed by atoms with Crippen molar-refractivity contribution in [1.82, 2.24) is 5.43 Å². The Balaban J connectivity index is 1.45. The summed E-state index contributed by atoms with van der Waals surface area (Å²) in [4.78, 5) is 13.2. The first kappa shape index (κ1) is 29.3. The summed E-state index contributed by atoms with van der Waals surface area (Å²) in [6.45, 7) is 14.8.